The fraction of sp³-hybridized carbons (Fsp3) is 0.902. The van der Waals surface area contributed by atoms with E-state index < -0.39 is 0 Å². The van der Waals surface area contributed by atoms with Crippen LogP contribution in [0, 0.1) is 46.3 Å². The molecule has 0 heterocycles. The van der Waals surface area contributed by atoms with E-state index in [-0.39, 0.29) is 73.5 Å². The van der Waals surface area contributed by atoms with E-state index in [1.807, 2.05) is 4.90 Å². The molecule has 8 atom stereocenters. The normalized spacial score (nSPS) is 30.0. The van der Waals surface area contributed by atoms with Crippen molar-refractivity contribution in [2.45, 2.75) is 150 Å². The number of nitrogens with two attached hydrogens (primary N) is 2. The van der Waals surface area contributed by atoms with Crippen LogP contribution in [0.25, 0.3) is 0 Å². The number of fused-ring (bicyclic) bond motifs is 5. The Hall–Kier alpha value is -0.570. The molecule has 7 nitrogen and oxygen atoms in total. The molecule has 0 saturated heterocycles. The summed E-state index contributed by atoms with van der Waals surface area (Å²) in [4.78, 5) is 28.2. The molecule has 5 N–H and O–H groups in total. The first-order valence-electron chi connectivity index (χ1n) is 20.3. The molecule has 0 aromatic heterocycles. The maximum atomic E-state index is 13.2. The van der Waals surface area contributed by atoms with Crippen molar-refractivity contribution in [3.8, 4) is 0 Å². The highest BCUT2D eigenvalue weighted by Gasteiger charge is 2.59. The number of amides is 1. The molecule has 3 saturated carbocycles. The Labute approximate surface area is 331 Å². The minimum atomic E-state index is -0.216. The van der Waals surface area contributed by atoms with Crippen LogP contribution in [0.15, 0.2) is 11.6 Å². The van der Waals surface area contributed by atoms with Crippen LogP contribution < -0.4 is 16.8 Å². The predicted octanol–water partition coefficient (Wildman–Crippen LogP) is 8.88. The van der Waals surface area contributed by atoms with E-state index in [1.54, 1.807) is 5.57 Å². The van der Waals surface area contributed by atoms with Gasteiger partial charge >= 0.3 is 5.97 Å². The molecule has 4 aliphatic rings. The molecule has 4 rings (SSSR count). The van der Waals surface area contributed by atoms with Gasteiger partial charge in [0.1, 0.15) is 6.10 Å². The maximum Gasteiger partial charge on any atom is 0.306 e. The average molecular weight is 780 g/mol. The van der Waals surface area contributed by atoms with E-state index in [0.29, 0.717) is 43.4 Å². The molecule has 0 aliphatic heterocycles. The third kappa shape index (κ3) is 13.0. The summed E-state index contributed by atoms with van der Waals surface area (Å²) in [6.07, 6.45) is 20.6. The summed E-state index contributed by atoms with van der Waals surface area (Å²) >= 11 is 0. The minimum Gasteiger partial charge on any atom is -0.462 e. The topological polar surface area (TPSA) is 111 Å². The summed E-state index contributed by atoms with van der Waals surface area (Å²) in [5.74, 6) is 4.34. The Morgan fingerprint density at radius 1 is 0.863 bits per heavy atom. The van der Waals surface area contributed by atoms with Gasteiger partial charge in [0.05, 0.1) is 6.42 Å². The second-order valence-corrected chi connectivity index (χ2v) is 17.3. The molecule has 0 spiro atoms. The molecular formula is C41H77Cl3N4O3. The van der Waals surface area contributed by atoms with Crippen LogP contribution in [0.5, 0.6) is 0 Å². The fourth-order valence-corrected chi connectivity index (χ4v) is 10.5. The van der Waals surface area contributed by atoms with E-state index in [0.717, 1.165) is 81.7 Å². The second-order valence-electron chi connectivity index (χ2n) is 17.3. The molecule has 300 valence electrons. The first-order valence-corrected chi connectivity index (χ1v) is 20.3. The van der Waals surface area contributed by atoms with Crippen LogP contribution in [-0.2, 0) is 14.3 Å². The van der Waals surface area contributed by atoms with Gasteiger partial charge in [-0.1, -0.05) is 72.0 Å². The number of hydrogen-bond donors (Lipinski definition) is 3. The summed E-state index contributed by atoms with van der Waals surface area (Å²) in [5.41, 5.74) is 13.7. The predicted molar refractivity (Wildman–Crippen MR) is 220 cm³/mol. The standard InChI is InChI=1S/C41H74N4O3.3ClH/c1-30(2)12-8-13-31(3)34-29-32-28-33(17-21-41(32,5)36-18-20-40(4)19-9-14-35(40)39(34)36)48-38(47)16-15-37(46)45(27-11-23-43)26-7-6-24-44-25-10-22-42;;;/h29-31,33-36,39,44H,6-28,42-43H2,1-5H3;3*1H/t31-,33?,34?,35?,36?,39?,40?,41?;;;/m1.../s1. The van der Waals surface area contributed by atoms with Crippen LogP contribution in [0.2, 0.25) is 0 Å². The Morgan fingerprint density at radius 2 is 1.57 bits per heavy atom. The number of nitrogens with one attached hydrogen (secondary N) is 1. The number of esters is 1. The molecular weight excluding hydrogens is 703 g/mol. The van der Waals surface area contributed by atoms with Crippen molar-refractivity contribution in [3.63, 3.8) is 0 Å². The summed E-state index contributed by atoms with van der Waals surface area (Å²) in [5, 5.41) is 3.41. The summed E-state index contributed by atoms with van der Waals surface area (Å²) in [6, 6.07) is 0. The van der Waals surface area contributed by atoms with Crippen LogP contribution in [-0.4, -0.2) is 62.1 Å². The number of unbranched alkanes of at least 4 members (excludes halogenated alkanes) is 1. The van der Waals surface area contributed by atoms with Gasteiger partial charge in [-0.15, -0.1) is 37.2 Å². The van der Waals surface area contributed by atoms with Gasteiger partial charge in [0.25, 0.3) is 0 Å². The monoisotopic (exact) mass is 779 g/mol. The molecule has 51 heavy (non-hydrogen) atoms. The Kier molecular flexibility index (Phi) is 22.2. The van der Waals surface area contributed by atoms with Gasteiger partial charge in [0.2, 0.25) is 5.91 Å². The number of hydrogen-bond acceptors (Lipinski definition) is 6. The lowest BCUT2D eigenvalue weighted by molar-refractivity contribution is -0.153. The van der Waals surface area contributed by atoms with Gasteiger partial charge < -0.3 is 26.4 Å². The van der Waals surface area contributed by atoms with E-state index in [9.17, 15) is 9.59 Å². The van der Waals surface area contributed by atoms with E-state index in [2.05, 4.69) is 46.0 Å². The summed E-state index contributed by atoms with van der Waals surface area (Å²) in [6.45, 7) is 16.9. The van der Waals surface area contributed by atoms with E-state index >= 15 is 0 Å². The summed E-state index contributed by atoms with van der Waals surface area (Å²) < 4.78 is 6.16. The zero-order chi connectivity index (χ0) is 34.7. The number of halogens is 3. The molecule has 0 radical (unpaired) electrons. The first kappa shape index (κ1) is 48.4. The van der Waals surface area contributed by atoms with Crippen LogP contribution in [0.3, 0.4) is 0 Å². The van der Waals surface area contributed by atoms with Crippen molar-refractivity contribution in [2.75, 3.05) is 39.3 Å². The van der Waals surface area contributed by atoms with Crippen LogP contribution in [0.4, 0.5) is 0 Å². The quantitative estimate of drug-likeness (QED) is 0.0647. The van der Waals surface area contributed by atoms with Crippen molar-refractivity contribution in [1.82, 2.24) is 10.2 Å². The van der Waals surface area contributed by atoms with Gasteiger partial charge in [-0.3, -0.25) is 9.59 Å². The SMILES string of the molecule is CC(C)CCC[C@@H](C)C1C=C2CC(OC(=O)CCC(=O)N(CCCN)CCCCNCCCN)CCC2(C)C2CCC3(C)CCCC3C12.Cl.Cl.Cl. The van der Waals surface area contributed by atoms with Gasteiger partial charge in [-0.2, -0.15) is 0 Å². The zero-order valence-electron chi connectivity index (χ0n) is 32.9. The smallest absolute Gasteiger partial charge is 0.306 e. The molecule has 3 fully saturated rings. The van der Waals surface area contributed by atoms with Gasteiger partial charge in [0.15, 0.2) is 0 Å². The highest BCUT2D eigenvalue weighted by molar-refractivity contribution is 5.86. The molecule has 0 aromatic carbocycles. The number of carbonyl (C=O) groups is 2. The van der Waals surface area contributed by atoms with Crippen molar-refractivity contribution in [1.29, 1.82) is 0 Å². The molecule has 7 unspecified atom stereocenters. The van der Waals surface area contributed by atoms with Gasteiger partial charge in [-0.25, -0.2) is 0 Å². The number of carbonyl (C=O) groups excluding carboxylic acids is 2. The first-order chi connectivity index (χ1) is 23.0. The number of nitrogens with zero attached hydrogens (tertiary/aromatic N) is 1. The van der Waals surface area contributed by atoms with Gasteiger partial charge in [0, 0.05) is 25.9 Å². The third-order valence-corrected chi connectivity index (χ3v) is 13.5. The van der Waals surface area contributed by atoms with Crippen molar-refractivity contribution in [2.24, 2.45) is 57.8 Å². The number of allylic oxidation sites excluding steroid dienone is 1. The Bertz CT molecular complexity index is 1060. The molecule has 0 aromatic rings. The van der Waals surface area contributed by atoms with Crippen LogP contribution >= 0.6 is 37.2 Å². The highest BCUT2D eigenvalue weighted by atomic mass is 35.5. The Morgan fingerprint density at radius 3 is 2.27 bits per heavy atom. The summed E-state index contributed by atoms with van der Waals surface area (Å²) in [7, 11) is 0. The van der Waals surface area contributed by atoms with Crippen molar-refractivity contribution in [3.05, 3.63) is 11.6 Å². The van der Waals surface area contributed by atoms with E-state index in [4.69, 9.17) is 16.2 Å². The van der Waals surface area contributed by atoms with Crippen molar-refractivity contribution >= 4 is 49.1 Å². The molecule has 1 amide bonds. The largest absolute Gasteiger partial charge is 0.462 e. The average Bonchev–Trinajstić information content (AvgIpc) is 3.46. The lowest BCUT2D eigenvalue weighted by atomic mass is 9.45. The molecule has 10 heteroatoms. The molecule has 0 bridgehead atoms. The lowest BCUT2D eigenvalue weighted by Gasteiger charge is -2.60. The zero-order valence-corrected chi connectivity index (χ0v) is 35.4. The van der Waals surface area contributed by atoms with Gasteiger partial charge in [-0.05, 0) is 137 Å². The second kappa shape index (κ2) is 23.4. The van der Waals surface area contributed by atoms with E-state index in [1.165, 1.54) is 51.4 Å². The highest BCUT2D eigenvalue weighted by Crippen LogP contribution is 2.67. The third-order valence-electron chi connectivity index (χ3n) is 13.5. The Balaban J connectivity index is 0.00000433. The minimum absolute atomic E-state index is 0. The van der Waals surface area contributed by atoms with Crippen LogP contribution in [0.1, 0.15) is 144 Å². The molecule has 4 aliphatic carbocycles. The number of rotatable bonds is 20. The lowest BCUT2D eigenvalue weighted by Crippen LogP contribution is -2.53. The van der Waals surface area contributed by atoms with Crippen molar-refractivity contribution < 1.29 is 14.3 Å². The number of ether oxygens (including phenoxy) is 1. The maximum absolute atomic E-state index is 13.2. The fourth-order valence-electron chi connectivity index (χ4n) is 10.5.